The molecule has 0 radical (unpaired) electrons. The predicted molar refractivity (Wildman–Crippen MR) is 61.4 cm³/mol. The highest BCUT2D eigenvalue weighted by Crippen LogP contribution is 2.06. The van der Waals surface area contributed by atoms with Gasteiger partial charge in [0.25, 0.3) is 0 Å². The van der Waals surface area contributed by atoms with Crippen LogP contribution in [0.25, 0.3) is 0 Å². The van der Waals surface area contributed by atoms with Gasteiger partial charge >= 0.3 is 5.97 Å². The van der Waals surface area contributed by atoms with Gasteiger partial charge < -0.3 is 10.1 Å². The monoisotopic (exact) mass is 211 g/mol. The van der Waals surface area contributed by atoms with Crippen molar-refractivity contribution in [2.75, 3.05) is 6.54 Å². The minimum atomic E-state index is -0.424. The summed E-state index contributed by atoms with van der Waals surface area (Å²) < 4.78 is 5.16. The van der Waals surface area contributed by atoms with Crippen LogP contribution >= 0.6 is 0 Å². The van der Waals surface area contributed by atoms with Gasteiger partial charge in [-0.1, -0.05) is 6.92 Å². The molecule has 0 bridgehead atoms. The third kappa shape index (κ3) is 8.02. The van der Waals surface area contributed by atoms with Crippen LogP contribution in [0.3, 0.4) is 0 Å². The smallest absolute Gasteiger partial charge is 0.320 e. The first-order valence-corrected chi connectivity index (χ1v) is 5.27. The fourth-order valence-electron chi connectivity index (χ4n) is 1.11. The van der Waals surface area contributed by atoms with E-state index in [1.807, 2.05) is 27.7 Å². The van der Waals surface area contributed by atoms with E-state index in [-0.39, 0.29) is 18.6 Å². The molecule has 0 heterocycles. The minimum Gasteiger partial charge on any atom is -0.459 e. The van der Waals surface area contributed by atoms with E-state index in [4.69, 9.17) is 11.2 Å². The summed E-state index contributed by atoms with van der Waals surface area (Å²) in [5.41, 5.74) is -0.424. The lowest BCUT2D eigenvalue weighted by Gasteiger charge is -2.21. The summed E-state index contributed by atoms with van der Waals surface area (Å²) >= 11 is 0. The zero-order chi connectivity index (χ0) is 11.9. The van der Waals surface area contributed by atoms with E-state index < -0.39 is 5.60 Å². The summed E-state index contributed by atoms with van der Waals surface area (Å²) in [5, 5.41) is 3.08. The van der Waals surface area contributed by atoms with Gasteiger partial charge in [0.1, 0.15) is 5.60 Å². The third-order valence-electron chi connectivity index (χ3n) is 1.81. The molecule has 3 nitrogen and oxygen atoms in total. The number of terminal acetylenes is 1. The van der Waals surface area contributed by atoms with Gasteiger partial charge in [-0.05, 0) is 27.2 Å². The van der Waals surface area contributed by atoms with E-state index >= 15 is 0 Å². The lowest BCUT2D eigenvalue weighted by atomic mass is 10.1. The van der Waals surface area contributed by atoms with Crippen molar-refractivity contribution < 1.29 is 9.53 Å². The Morgan fingerprint density at radius 1 is 1.53 bits per heavy atom. The number of carbonyl (C=O) groups is 1. The molecule has 0 rings (SSSR count). The number of rotatable bonds is 5. The Morgan fingerprint density at radius 2 is 2.13 bits per heavy atom. The lowest BCUT2D eigenvalue weighted by molar-refractivity contribution is -0.153. The van der Waals surface area contributed by atoms with Gasteiger partial charge in [0.2, 0.25) is 0 Å². The fraction of sp³-hybridized carbons (Fsp3) is 0.750. The molecule has 86 valence electrons. The molecule has 3 heteroatoms. The van der Waals surface area contributed by atoms with Gasteiger partial charge in [0.15, 0.2) is 0 Å². The first-order valence-electron chi connectivity index (χ1n) is 5.27. The lowest BCUT2D eigenvalue weighted by Crippen LogP contribution is -2.36. The second-order valence-corrected chi connectivity index (χ2v) is 4.48. The number of ether oxygens (including phenoxy) is 1. The van der Waals surface area contributed by atoms with Crippen molar-refractivity contribution in [1.82, 2.24) is 5.32 Å². The molecule has 0 aliphatic heterocycles. The maximum absolute atomic E-state index is 11.3. The molecule has 1 N–H and O–H groups in total. The number of carbonyl (C=O) groups excluding carboxylic acids is 1. The molecular formula is C12H21NO2. The number of nitrogens with one attached hydrogen (secondary N) is 1. The Bertz CT molecular complexity index is 235. The van der Waals surface area contributed by atoms with Crippen LogP contribution in [-0.2, 0) is 9.53 Å². The largest absolute Gasteiger partial charge is 0.459 e. The first kappa shape index (κ1) is 14.0. The summed E-state index contributed by atoms with van der Waals surface area (Å²) in [6.07, 6.45) is 6.75. The standard InChI is InChI=1S/C12H21NO2/c1-6-8-10(7-2)13-9-11(14)15-12(3,4)5/h1,10,13H,7-9H2,2-5H3. The third-order valence-corrected chi connectivity index (χ3v) is 1.81. The van der Waals surface area contributed by atoms with Crippen molar-refractivity contribution in [3.05, 3.63) is 0 Å². The summed E-state index contributed by atoms with van der Waals surface area (Å²) in [5.74, 6) is 2.34. The Balaban J connectivity index is 3.84. The Kier molecular flexibility index (Phi) is 6.03. The highest BCUT2D eigenvalue weighted by atomic mass is 16.6. The highest BCUT2D eigenvalue weighted by molar-refractivity contribution is 5.72. The summed E-state index contributed by atoms with van der Waals surface area (Å²) in [7, 11) is 0. The molecular weight excluding hydrogens is 190 g/mol. The first-order chi connectivity index (χ1) is 6.89. The molecule has 0 amide bonds. The minimum absolute atomic E-state index is 0.197. The molecule has 0 aliphatic rings. The molecule has 1 unspecified atom stereocenters. The van der Waals surface area contributed by atoms with Crippen LogP contribution in [0, 0.1) is 12.3 Å². The van der Waals surface area contributed by atoms with Crippen LogP contribution in [0.5, 0.6) is 0 Å². The van der Waals surface area contributed by atoms with Crippen molar-refractivity contribution in [2.45, 2.75) is 52.2 Å². The van der Waals surface area contributed by atoms with Gasteiger partial charge in [0.05, 0.1) is 6.54 Å². The SMILES string of the molecule is C#CCC(CC)NCC(=O)OC(C)(C)C. The van der Waals surface area contributed by atoms with Crippen molar-refractivity contribution in [3.8, 4) is 12.3 Å². The van der Waals surface area contributed by atoms with E-state index in [1.165, 1.54) is 0 Å². The zero-order valence-electron chi connectivity index (χ0n) is 10.1. The molecule has 1 atom stereocenters. The van der Waals surface area contributed by atoms with Crippen LogP contribution in [-0.4, -0.2) is 24.2 Å². The summed E-state index contributed by atoms with van der Waals surface area (Å²) in [6, 6.07) is 0.197. The van der Waals surface area contributed by atoms with Gasteiger partial charge in [-0.15, -0.1) is 12.3 Å². The second kappa shape index (κ2) is 6.47. The highest BCUT2D eigenvalue weighted by Gasteiger charge is 2.16. The molecule has 0 spiro atoms. The maximum Gasteiger partial charge on any atom is 0.320 e. The van der Waals surface area contributed by atoms with Gasteiger partial charge in [-0.2, -0.15) is 0 Å². The molecule has 0 aliphatic carbocycles. The predicted octanol–water partition coefficient (Wildman–Crippen LogP) is 1.72. The van der Waals surface area contributed by atoms with Crippen LogP contribution in [0.1, 0.15) is 40.5 Å². The van der Waals surface area contributed by atoms with Crippen molar-refractivity contribution in [1.29, 1.82) is 0 Å². The number of hydrogen-bond acceptors (Lipinski definition) is 3. The summed E-state index contributed by atoms with van der Waals surface area (Å²) in [4.78, 5) is 11.3. The van der Waals surface area contributed by atoms with Crippen LogP contribution in [0.4, 0.5) is 0 Å². The fourth-order valence-corrected chi connectivity index (χ4v) is 1.11. The van der Waals surface area contributed by atoms with Crippen molar-refractivity contribution in [2.24, 2.45) is 0 Å². The molecule has 0 aromatic carbocycles. The average Bonchev–Trinajstić information content (AvgIpc) is 2.09. The Morgan fingerprint density at radius 3 is 2.53 bits per heavy atom. The Labute approximate surface area is 92.6 Å². The van der Waals surface area contributed by atoms with E-state index in [0.29, 0.717) is 6.42 Å². The number of hydrogen-bond donors (Lipinski definition) is 1. The van der Waals surface area contributed by atoms with Crippen LogP contribution in [0.15, 0.2) is 0 Å². The van der Waals surface area contributed by atoms with Gasteiger partial charge in [-0.3, -0.25) is 4.79 Å². The van der Waals surface area contributed by atoms with E-state index in [0.717, 1.165) is 6.42 Å². The van der Waals surface area contributed by atoms with E-state index in [1.54, 1.807) is 0 Å². The van der Waals surface area contributed by atoms with Gasteiger partial charge in [-0.25, -0.2) is 0 Å². The van der Waals surface area contributed by atoms with Gasteiger partial charge in [0, 0.05) is 12.5 Å². The molecule has 0 fully saturated rings. The van der Waals surface area contributed by atoms with Crippen molar-refractivity contribution >= 4 is 5.97 Å². The Hall–Kier alpha value is -1.01. The van der Waals surface area contributed by atoms with Crippen molar-refractivity contribution in [3.63, 3.8) is 0 Å². The maximum atomic E-state index is 11.3. The van der Waals surface area contributed by atoms with E-state index in [9.17, 15) is 4.79 Å². The normalized spacial score (nSPS) is 13.0. The quantitative estimate of drug-likeness (QED) is 0.556. The van der Waals surface area contributed by atoms with Crippen LogP contribution in [0.2, 0.25) is 0 Å². The average molecular weight is 211 g/mol. The second-order valence-electron chi connectivity index (χ2n) is 4.48. The molecule has 0 saturated carbocycles. The molecule has 0 aromatic rings. The topological polar surface area (TPSA) is 38.3 Å². The molecule has 0 saturated heterocycles. The number of esters is 1. The molecule has 15 heavy (non-hydrogen) atoms. The van der Waals surface area contributed by atoms with Crippen LogP contribution < -0.4 is 5.32 Å². The van der Waals surface area contributed by atoms with E-state index in [2.05, 4.69) is 11.2 Å². The summed E-state index contributed by atoms with van der Waals surface area (Å²) in [6.45, 7) is 7.80. The molecule has 0 aromatic heterocycles. The zero-order valence-corrected chi connectivity index (χ0v) is 10.1.